The third-order valence-electron chi connectivity index (χ3n) is 5.98. The molecule has 1 N–H and O–H groups in total. The van der Waals surface area contributed by atoms with E-state index in [1.54, 1.807) is 49.1 Å². The van der Waals surface area contributed by atoms with Crippen molar-refractivity contribution in [2.75, 3.05) is 13.7 Å². The monoisotopic (exact) mass is 432 g/mol. The van der Waals surface area contributed by atoms with Gasteiger partial charge in [-0.1, -0.05) is 24.3 Å². The number of methoxy groups -OCH3 is 1. The van der Waals surface area contributed by atoms with Gasteiger partial charge in [0.1, 0.15) is 17.4 Å². The highest BCUT2D eigenvalue weighted by Gasteiger charge is 2.21. The average molecular weight is 432 g/mol. The maximum atomic E-state index is 14.5. The molecule has 0 aliphatic carbocycles. The third kappa shape index (κ3) is 4.27. The number of hydrogen-bond acceptors (Lipinski definition) is 4. The third-order valence-corrected chi connectivity index (χ3v) is 5.98. The van der Waals surface area contributed by atoms with Crippen LogP contribution in [0.4, 0.5) is 10.1 Å². The molecule has 0 spiro atoms. The fourth-order valence-electron chi connectivity index (χ4n) is 4.15. The molecule has 0 amide bonds. The van der Waals surface area contributed by atoms with Crippen molar-refractivity contribution in [2.24, 2.45) is 7.05 Å². The van der Waals surface area contributed by atoms with Gasteiger partial charge in [0.25, 0.3) is 5.56 Å². The zero-order valence-corrected chi connectivity index (χ0v) is 18.2. The van der Waals surface area contributed by atoms with Crippen LogP contribution in [0, 0.1) is 12.4 Å². The van der Waals surface area contributed by atoms with E-state index in [-0.39, 0.29) is 11.2 Å². The Balaban J connectivity index is 1.85. The van der Waals surface area contributed by atoms with Crippen LogP contribution in [0.3, 0.4) is 0 Å². The van der Waals surface area contributed by atoms with Crippen LogP contribution in [-0.4, -0.2) is 29.2 Å². The normalized spacial score (nSPS) is 15.5. The van der Waals surface area contributed by atoms with Gasteiger partial charge >= 0.3 is 0 Å². The quantitative estimate of drug-likeness (QED) is 0.583. The second-order valence-corrected chi connectivity index (χ2v) is 7.95. The molecule has 3 aromatic rings. The molecule has 1 aromatic heterocycles. The lowest BCUT2D eigenvalue weighted by Crippen LogP contribution is -2.27. The molecule has 2 heterocycles. The molecule has 1 aliphatic heterocycles. The van der Waals surface area contributed by atoms with Gasteiger partial charge in [0.05, 0.1) is 24.9 Å². The van der Waals surface area contributed by atoms with Crippen LogP contribution in [0.25, 0.3) is 27.2 Å². The van der Waals surface area contributed by atoms with E-state index in [0.29, 0.717) is 46.4 Å². The molecule has 1 aliphatic rings. The summed E-state index contributed by atoms with van der Waals surface area (Å²) in [6, 6.07) is 11.9. The summed E-state index contributed by atoms with van der Waals surface area (Å²) in [4.78, 5) is 21.5. The van der Waals surface area contributed by atoms with Gasteiger partial charge in [0.2, 0.25) is 5.69 Å². The number of ether oxygens (including phenoxy) is 1. The van der Waals surface area contributed by atoms with Gasteiger partial charge in [0.15, 0.2) is 0 Å². The lowest BCUT2D eigenvalue weighted by atomic mass is 9.99. The first-order chi connectivity index (χ1) is 15.5. The Labute approximate surface area is 186 Å². The Kier molecular flexibility index (Phi) is 6.33. The number of nitrogens with zero attached hydrogens (tertiary/aromatic N) is 3. The Morgan fingerprint density at radius 2 is 2.00 bits per heavy atom. The van der Waals surface area contributed by atoms with Gasteiger partial charge in [-0.25, -0.2) is 14.2 Å². The van der Waals surface area contributed by atoms with Crippen LogP contribution < -0.4 is 15.6 Å². The highest BCUT2D eigenvalue weighted by Crippen LogP contribution is 2.32. The zero-order valence-electron chi connectivity index (χ0n) is 18.2. The van der Waals surface area contributed by atoms with Gasteiger partial charge in [-0.2, -0.15) is 0 Å². The molecule has 1 fully saturated rings. The summed E-state index contributed by atoms with van der Waals surface area (Å²) in [5.41, 5.74) is 1.71. The zero-order chi connectivity index (χ0) is 22.7. The van der Waals surface area contributed by atoms with E-state index in [9.17, 15) is 9.18 Å². The first-order valence-corrected chi connectivity index (χ1v) is 10.7. The van der Waals surface area contributed by atoms with Gasteiger partial charge < -0.3 is 10.1 Å². The largest absolute Gasteiger partial charge is 0.497 e. The minimum atomic E-state index is -0.627. The molecule has 0 saturated carbocycles. The van der Waals surface area contributed by atoms with Gasteiger partial charge in [-0.3, -0.25) is 9.36 Å². The summed E-state index contributed by atoms with van der Waals surface area (Å²) in [5.74, 6) is 0.705. The van der Waals surface area contributed by atoms with Crippen molar-refractivity contribution >= 4 is 5.69 Å². The number of nitrogens with one attached hydrogen (secondary N) is 1. The molecule has 4 rings (SSSR count). The predicted molar refractivity (Wildman–Crippen MR) is 122 cm³/mol. The molecule has 7 heteroatoms. The summed E-state index contributed by atoms with van der Waals surface area (Å²) in [7, 11) is 3.31. The SMILES string of the molecule is [C-]#[N+]c1ccc(-c2nc(CCC3CCCN3)n(C)c(=O)c2-c2ccc(OC)cc2)cc1F. The van der Waals surface area contributed by atoms with Crippen LogP contribution >= 0.6 is 0 Å². The van der Waals surface area contributed by atoms with Crippen LogP contribution in [-0.2, 0) is 13.5 Å². The lowest BCUT2D eigenvalue weighted by Gasteiger charge is -2.17. The van der Waals surface area contributed by atoms with Crippen molar-refractivity contribution in [3.63, 3.8) is 0 Å². The molecule has 32 heavy (non-hydrogen) atoms. The lowest BCUT2D eigenvalue weighted by molar-refractivity contribution is 0.415. The molecule has 0 radical (unpaired) electrons. The molecule has 0 bridgehead atoms. The van der Waals surface area contributed by atoms with Crippen LogP contribution in [0.5, 0.6) is 5.75 Å². The fourth-order valence-corrected chi connectivity index (χ4v) is 4.15. The first-order valence-electron chi connectivity index (χ1n) is 10.7. The average Bonchev–Trinajstić information content (AvgIpc) is 3.33. The Morgan fingerprint density at radius 1 is 1.25 bits per heavy atom. The number of rotatable bonds is 6. The van der Waals surface area contributed by atoms with Crippen molar-refractivity contribution in [3.05, 3.63) is 75.9 Å². The smallest absolute Gasteiger partial charge is 0.261 e. The highest BCUT2D eigenvalue weighted by atomic mass is 19.1. The summed E-state index contributed by atoms with van der Waals surface area (Å²) in [6.07, 6.45) is 3.80. The minimum Gasteiger partial charge on any atom is -0.497 e. The van der Waals surface area contributed by atoms with Crippen LogP contribution in [0.2, 0.25) is 0 Å². The Bertz CT molecular complexity index is 1220. The topological polar surface area (TPSA) is 60.5 Å². The predicted octanol–water partition coefficient (Wildman–Crippen LogP) is 4.50. The Morgan fingerprint density at radius 3 is 2.62 bits per heavy atom. The van der Waals surface area contributed by atoms with E-state index < -0.39 is 5.82 Å². The first kappa shape index (κ1) is 21.7. The van der Waals surface area contributed by atoms with Crippen LogP contribution in [0.1, 0.15) is 25.1 Å². The standard InChI is InChI=1S/C25H25FN4O2/c1-27-21-12-8-17(15-20(21)26)24-23(16-6-10-19(32-3)11-7-16)25(31)30(2)22(29-24)13-9-18-5-4-14-28-18/h6-8,10-12,15,18,28H,4-5,9,13-14H2,2-3H3. The van der Waals surface area contributed by atoms with E-state index in [1.165, 1.54) is 12.1 Å². The maximum absolute atomic E-state index is 14.5. The summed E-state index contributed by atoms with van der Waals surface area (Å²) >= 11 is 0. The van der Waals surface area contributed by atoms with E-state index in [1.807, 2.05) is 0 Å². The van der Waals surface area contributed by atoms with E-state index >= 15 is 0 Å². The molecule has 6 nitrogen and oxygen atoms in total. The number of halogens is 1. The second kappa shape index (κ2) is 9.33. The van der Waals surface area contributed by atoms with Crippen molar-refractivity contribution in [3.8, 4) is 28.1 Å². The van der Waals surface area contributed by atoms with Gasteiger partial charge in [-0.05, 0) is 49.6 Å². The molecule has 164 valence electrons. The number of hydrogen-bond donors (Lipinski definition) is 1. The summed E-state index contributed by atoms with van der Waals surface area (Å²) < 4.78 is 21.3. The van der Waals surface area contributed by atoms with Crippen molar-refractivity contribution in [1.82, 2.24) is 14.9 Å². The van der Waals surface area contributed by atoms with Crippen molar-refractivity contribution < 1.29 is 9.13 Å². The van der Waals surface area contributed by atoms with Crippen LogP contribution in [0.15, 0.2) is 47.3 Å². The van der Waals surface area contributed by atoms with E-state index in [2.05, 4.69) is 10.2 Å². The Hall–Kier alpha value is -3.50. The van der Waals surface area contributed by atoms with Crippen molar-refractivity contribution in [2.45, 2.75) is 31.7 Å². The van der Waals surface area contributed by atoms with E-state index in [4.69, 9.17) is 16.3 Å². The molecular weight excluding hydrogens is 407 g/mol. The van der Waals surface area contributed by atoms with Crippen molar-refractivity contribution in [1.29, 1.82) is 0 Å². The molecule has 1 unspecified atom stereocenters. The molecule has 1 atom stereocenters. The highest BCUT2D eigenvalue weighted by molar-refractivity contribution is 5.81. The maximum Gasteiger partial charge on any atom is 0.261 e. The number of benzene rings is 2. The summed E-state index contributed by atoms with van der Waals surface area (Å²) in [5, 5.41) is 3.47. The molecular formula is C25H25FN4O2. The molecule has 1 saturated heterocycles. The summed E-state index contributed by atoms with van der Waals surface area (Å²) in [6.45, 7) is 8.13. The van der Waals surface area contributed by atoms with Gasteiger partial charge in [-0.15, -0.1) is 0 Å². The number of aromatic nitrogens is 2. The minimum absolute atomic E-state index is 0.0592. The van der Waals surface area contributed by atoms with Gasteiger partial charge in [0, 0.05) is 25.1 Å². The second-order valence-electron chi connectivity index (χ2n) is 7.95. The number of aryl methyl sites for hydroxylation is 1. The van der Waals surface area contributed by atoms with E-state index in [0.717, 1.165) is 25.8 Å². The molecule has 2 aromatic carbocycles. The fraction of sp³-hybridized carbons (Fsp3) is 0.320.